The van der Waals surface area contributed by atoms with Gasteiger partial charge in [-0.1, -0.05) is 6.92 Å². The maximum atomic E-state index is 10.6. The Bertz CT molecular complexity index is 477. The van der Waals surface area contributed by atoms with E-state index < -0.39 is 0 Å². The van der Waals surface area contributed by atoms with Crippen LogP contribution in [0.3, 0.4) is 0 Å². The first-order valence-electron chi connectivity index (χ1n) is 4.67. The summed E-state index contributed by atoms with van der Waals surface area (Å²) >= 11 is 0. The van der Waals surface area contributed by atoms with E-state index in [4.69, 9.17) is 0 Å². The number of nitrogens with zero attached hydrogens (tertiary/aromatic N) is 1. The van der Waals surface area contributed by atoms with Crippen molar-refractivity contribution in [1.82, 2.24) is 4.98 Å². The summed E-state index contributed by atoms with van der Waals surface area (Å²) in [7, 11) is 0. The normalized spacial score (nSPS) is 10.4. The fourth-order valence-corrected chi connectivity index (χ4v) is 1.46. The number of rotatable bonds is 2. The van der Waals surface area contributed by atoms with Gasteiger partial charge in [0, 0.05) is 17.1 Å². The molecule has 2 aromatic rings. The number of fused-ring (bicyclic) bond motifs is 1. The van der Waals surface area contributed by atoms with Crippen LogP contribution in [0.5, 0.6) is 0 Å². The minimum Gasteiger partial charge on any atom is -0.298 e. The summed E-state index contributed by atoms with van der Waals surface area (Å²) in [6.45, 7) is 2.09. The van der Waals surface area contributed by atoms with Gasteiger partial charge < -0.3 is 0 Å². The molecule has 0 spiro atoms. The molecule has 0 unspecified atom stereocenters. The van der Waals surface area contributed by atoms with Crippen LogP contribution >= 0.6 is 0 Å². The van der Waals surface area contributed by atoms with Crippen LogP contribution < -0.4 is 0 Å². The van der Waals surface area contributed by atoms with Crippen LogP contribution in [0.25, 0.3) is 10.9 Å². The molecule has 0 aliphatic heterocycles. The van der Waals surface area contributed by atoms with Crippen LogP contribution in [-0.2, 0) is 6.42 Å². The van der Waals surface area contributed by atoms with Crippen molar-refractivity contribution in [1.29, 1.82) is 0 Å². The molecule has 0 aliphatic rings. The van der Waals surface area contributed by atoms with Crippen molar-refractivity contribution in [3.05, 3.63) is 41.6 Å². The SMILES string of the molecule is CCc1cnc2ccc(C=O)cc2c1. The number of carbonyl (C=O) groups excluding carboxylic acids is 1. The van der Waals surface area contributed by atoms with E-state index in [9.17, 15) is 4.79 Å². The maximum absolute atomic E-state index is 10.6. The maximum Gasteiger partial charge on any atom is 0.150 e. The number of benzene rings is 1. The minimum absolute atomic E-state index is 0.701. The molecule has 0 atom stereocenters. The topological polar surface area (TPSA) is 30.0 Å². The molecule has 0 bridgehead atoms. The Kier molecular flexibility index (Phi) is 2.27. The first-order chi connectivity index (χ1) is 6.83. The van der Waals surface area contributed by atoms with Gasteiger partial charge in [0.2, 0.25) is 0 Å². The molecule has 2 heteroatoms. The molecule has 0 radical (unpaired) electrons. The number of carbonyl (C=O) groups is 1. The minimum atomic E-state index is 0.701. The van der Waals surface area contributed by atoms with Crippen molar-refractivity contribution in [3.63, 3.8) is 0 Å². The monoisotopic (exact) mass is 185 g/mol. The molecule has 1 aromatic carbocycles. The Morgan fingerprint density at radius 1 is 1.36 bits per heavy atom. The number of aromatic nitrogens is 1. The van der Waals surface area contributed by atoms with E-state index in [-0.39, 0.29) is 0 Å². The highest BCUT2D eigenvalue weighted by molar-refractivity contribution is 5.86. The summed E-state index contributed by atoms with van der Waals surface area (Å²) in [4.78, 5) is 14.9. The summed E-state index contributed by atoms with van der Waals surface area (Å²) in [5, 5.41) is 1.04. The van der Waals surface area contributed by atoms with Crippen LogP contribution in [0, 0.1) is 0 Å². The average molecular weight is 185 g/mol. The highest BCUT2D eigenvalue weighted by Gasteiger charge is 1.97. The van der Waals surface area contributed by atoms with E-state index in [0.29, 0.717) is 5.56 Å². The molecular weight excluding hydrogens is 174 g/mol. The van der Waals surface area contributed by atoms with Gasteiger partial charge in [0.1, 0.15) is 6.29 Å². The Morgan fingerprint density at radius 2 is 2.21 bits per heavy atom. The summed E-state index contributed by atoms with van der Waals surface area (Å²) in [6.07, 6.45) is 3.70. The van der Waals surface area contributed by atoms with E-state index in [0.717, 1.165) is 23.6 Å². The lowest BCUT2D eigenvalue weighted by Crippen LogP contribution is -1.86. The first kappa shape index (κ1) is 8.88. The third-order valence-electron chi connectivity index (χ3n) is 2.31. The number of hydrogen-bond acceptors (Lipinski definition) is 2. The fraction of sp³-hybridized carbons (Fsp3) is 0.167. The zero-order valence-corrected chi connectivity index (χ0v) is 8.03. The number of hydrogen-bond donors (Lipinski definition) is 0. The molecule has 0 saturated heterocycles. The van der Waals surface area contributed by atoms with Gasteiger partial charge in [-0.2, -0.15) is 0 Å². The van der Waals surface area contributed by atoms with Crippen molar-refractivity contribution < 1.29 is 4.79 Å². The van der Waals surface area contributed by atoms with E-state index in [1.54, 1.807) is 6.07 Å². The van der Waals surface area contributed by atoms with Crippen molar-refractivity contribution in [3.8, 4) is 0 Å². The van der Waals surface area contributed by atoms with E-state index in [1.165, 1.54) is 5.56 Å². The molecule has 0 fully saturated rings. The highest BCUT2D eigenvalue weighted by Crippen LogP contribution is 2.14. The second-order valence-corrected chi connectivity index (χ2v) is 3.27. The van der Waals surface area contributed by atoms with Crippen molar-refractivity contribution in [2.45, 2.75) is 13.3 Å². The third kappa shape index (κ3) is 1.51. The highest BCUT2D eigenvalue weighted by atomic mass is 16.1. The Balaban J connectivity index is 2.65. The lowest BCUT2D eigenvalue weighted by atomic mass is 10.1. The predicted molar refractivity (Wildman–Crippen MR) is 56.5 cm³/mol. The van der Waals surface area contributed by atoms with Gasteiger partial charge >= 0.3 is 0 Å². The second kappa shape index (κ2) is 3.58. The molecule has 70 valence electrons. The average Bonchev–Trinajstić information content (AvgIpc) is 2.27. The Labute approximate surface area is 82.6 Å². The van der Waals surface area contributed by atoms with Crippen molar-refractivity contribution in [2.75, 3.05) is 0 Å². The summed E-state index contributed by atoms with van der Waals surface area (Å²) < 4.78 is 0. The molecule has 14 heavy (non-hydrogen) atoms. The lowest BCUT2D eigenvalue weighted by Gasteiger charge is -2.00. The van der Waals surface area contributed by atoms with E-state index in [2.05, 4.69) is 18.0 Å². The van der Waals surface area contributed by atoms with Gasteiger partial charge in [0.05, 0.1) is 5.52 Å². The third-order valence-corrected chi connectivity index (χ3v) is 2.31. The predicted octanol–water partition coefficient (Wildman–Crippen LogP) is 2.61. The molecule has 0 N–H and O–H groups in total. The van der Waals surface area contributed by atoms with Gasteiger partial charge in [0.15, 0.2) is 0 Å². The molecule has 2 nitrogen and oxygen atoms in total. The molecule has 1 aromatic heterocycles. The van der Waals surface area contributed by atoms with Crippen LogP contribution in [0.15, 0.2) is 30.5 Å². The zero-order chi connectivity index (χ0) is 9.97. The van der Waals surface area contributed by atoms with Gasteiger partial charge in [-0.25, -0.2) is 0 Å². The van der Waals surface area contributed by atoms with E-state index in [1.807, 2.05) is 18.3 Å². The summed E-state index contributed by atoms with van der Waals surface area (Å²) in [6, 6.07) is 7.61. The lowest BCUT2D eigenvalue weighted by molar-refractivity contribution is 0.112. The van der Waals surface area contributed by atoms with Gasteiger partial charge in [0.25, 0.3) is 0 Å². The smallest absolute Gasteiger partial charge is 0.150 e. The quantitative estimate of drug-likeness (QED) is 0.673. The number of aldehydes is 1. The largest absolute Gasteiger partial charge is 0.298 e. The van der Waals surface area contributed by atoms with Crippen LogP contribution in [-0.4, -0.2) is 11.3 Å². The molecule has 1 heterocycles. The number of aryl methyl sites for hydroxylation is 1. The second-order valence-electron chi connectivity index (χ2n) is 3.27. The van der Waals surface area contributed by atoms with Crippen LogP contribution in [0.4, 0.5) is 0 Å². The van der Waals surface area contributed by atoms with Crippen molar-refractivity contribution in [2.24, 2.45) is 0 Å². The molecule has 0 aliphatic carbocycles. The van der Waals surface area contributed by atoms with Gasteiger partial charge in [-0.15, -0.1) is 0 Å². The standard InChI is InChI=1S/C12H11NO/c1-2-9-5-11-6-10(8-14)3-4-12(11)13-7-9/h3-8H,2H2,1H3. The summed E-state index contributed by atoms with van der Waals surface area (Å²) in [5.41, 5.74) is 2.83. The molecule has 0 amide bonds. The van der Waals surface area contributed by atoms with Crippen LogP contribution in [0.2, 0.25) is 0 Å². The van der Waals surface area contributed by atoms with Crippen LogP contribution in [0.1, 0.15) is 22.8 Å². The fourth-order valence-electron chi connectivity index (χ4n) is 1.46. The number of pyridine rings is 1. The summed E-state index contributed by atoms with van der Waals surface area (Å²) in [5.74, 6) is 0. The Hall–Kier alpha value is -1.70. The van der Waals surface area contributed by atoms with E-state index >= 15 is 0 Å². The Morgan fingerprint density at radius 3 is 2.93 bits per heavy atom. The molecule has 0 saturated carbocycles. The first-order valence-corrected chi connectivity index (χ1v) is 4.67. The zero-order valence-electron chi connectivity index (χ0n) is 8.03. The van der Waals surface area contributed by atoms with Gasteiger partial charge in [-0.3, -0.25) is 9.78 Å². The molecular formula is C12H11NO. The van der Waals surface area contributed by atoms with Gasteiger partial charge in [-0.05, 0) is 36.2 Å². The molecule has 2 rings (SSSR count). The van der Waals surface area contributed by atoms with Crippen molar-refractivity contribution >= 4 is 17.2 Å².